The van der Waals surface area contributed by atoms with E-state index in [2.05, 4.69) is 5.32 Å². The summed E-state index contributed by atoms with van der Waals surface area (Å²) >= 11 is 0. The highest BCUT2D eigenvalue weighted by molar-refractivity contribution is 5.86. The van der Waals surface area contributed by atoms with Gasteiger partial charge in [-0.25, -0.2) is 4.39 Å². The van der Waals surface area contributed by atoms with E-state index in [0.29, 0.717) is 11.3 Å². The molecule has 2 aromatic rings. The maximum absolute atomic E-state index is 13.2. The number of nitrogens with zero attached hydrogens (tertiary/aromatic N) is 1. The van der Waals surface area contributed by atoms with Crippen LogP contribution in [0.4, 0.5) is 4.39 Å². The van der Waals surface area contributed by atoms with Crippen molar-refractivity contribution in [2.45, 2.75) is 18.7 Å². The summed E-state index contributed by atoms with van der Waals surface area (Å²) in [6, 6.07) is 8.53. The number of morpholine rings is 1. The lowest BCUT2D eigenvalue weighted by Crippen LogP contribution is -2.52. The highest BCUT2D eigenvalue weighted by Crippen LogP contribution is 2.29. The minimum atomic E-state index is -0.881. The lowest BCUT2D eigenvalue weighted by atomic mass is 9.97. The second-order valence-electron chi connectivity index (χ2n) is 5.53. The first-order valence-electron chi connectivity index (χ1n) is 7.49. The monoisotopic (exact) mass is 332 g/mol. The molecule has 1 aromatic carbocycles. The van der Waals surface area contributed by atoms with Crippen LogP contribution in [-0.4, -0.2) is 36.5 Å². The second kappa shape index (κ2) is 6.84. The summed E-state index contributed by atoms with van der Waals surface area (Å²) in [6.07, 6.45) is 0.639. The zero-order valence-corrected chi connectivity index (χ0v) is 13.1. The van der Waals surface area contributed by atoms with E-state index in [-0.39, 0.29) is 30.8 Å². The maximum atomic E-state index is 13.2. The predicted octanol–water partition coefficient (Wildman–Crippen LogP) is 1.63. The van der Waals surface area contributed by atoms with Gasteiger partial charge in [0.1, 0.15) is 18.2 Å². The number of ether oxygens (including phenoxy) is 1. The standard InChI is InChI=1S/C17H17FN2O4/c1-20-14(21)10-24-16(15(20)11-4-6-12(18)7-5-11)17(22)19-9-13-3-2-8-23-13/h2-8,15-16H,9-10H2,1H3,(H,19,22)/t15-,16+/m1/s1. The minimum Gasteiger partial charge on any atom is -0.467 e. The summed E-state index contributed by atoms with van der Waals surface area (Å²) in [5.74, 6) is -0.371. The molecule has 2 amide bonds. The van der Waals surface area contributed by atoms with Crippen LogP contribution in [0, 0.1) is 5.82 Å². The fourth-order valence-electron chi connectivity index (χ4n) is 2.68. The van der Waals surface area contributed by atoms with E-state index in [1.165, 1.54) is 23.3 Å². The lowest BCUT2D eigenvalue weighted by Gasteiger charge is -2.38. The van der Waals surface area contributed by atoms with E-state index >= 15 is 0 Å². The van der Waals surface area contributed by atoms with Crippen molar-refractivity contribution in [2.24, 2.45) is 0 Å². The number of benzene rings is 1. The predicted molar refractivity (Wildman–Crippen MR) is 82.2 cm³/mol. The number of hydrogen-bond acceptors (Lipinski definition) is 4. The van der Waals surface area contributed by atoms with E-state index in [1.807, 2.05) is 0 Å². The normalized spacial score (nSPS) is 20.9. The Hall–Kier alpha value is -2.67. The molecule has 0 radical (unpaired) electrons. The molecule has 126 valence electrons. The van der Waals surface area contributed by atoms with Crippen LogP contribution in [0.3, 0.4) is 0 Å². The van der Waals surface area contributed by atoms with Crippen LogP contribution < -0.4 is 5.32 Å². The molecule has 1 aliphatic heterocycles. The van der Waals surface area contributed by atoms with Crippen LogP contribution in [0.25, 0.3) is 0 Å². The number of furan rings is 1. The Morgan fingerprint density at radius 3 is 2.75 bits per heavy atom. The minimum absolute atomic E-state index is 0.174. The molecule has 1 fully saturated rings. The molecule has 1 aliphatic rings. The van der Waals surface area contributed by atoms with Gasteiger partial charge in [0.15, 0.2) is 6.10 Å². The molecule has 7 heteroatoms. The van der Waals surface area contributed by atoms with Crippen LogP contribution in [0.15, 0.2) is 47.1 Å². The van der Waals surface area contributed by atoms with Gasteiger partial charge in [-0.15, -0.1) is 0 Å². The van der Waals surface area contributed by atoms with E-state index in [0.717, 1.165) is 0 Å². The fourth-order valence-corrected chi connectivity index (χ4v) is 2.68. The number of halogens is 1. The molecule has 1 saturated heterocycles. The molecule has 2 atom stereocenters. The van der Waals surface area contributed by atoms with Gasteiger partial charge < -0.3 is 19.4 Å². The van der Waals surface area contributed by atoms with E-state index in [4.69, 9.17) is 9.15 Å². The highest BCUT2D eigenvalue weighted by Gasteiger charge is 2.39. The van der Waals surface area contributed by atoms with E-state index in [1.54, 1.807) is 31.3 Å². The third kappa shape index (κ3) is 3.30. The molecule has 24 heavy (non-hydrogen) atoms. The van der Waals surface area contributed by atoms with Gasteiger partial charge in [-0.3, -0.25) is 9.59 Å². The van der Waals surface area contributed by atoms with Gasteiger partial charge in [-0.05, 0) is 29.8 Å². The number of rotatable bonds is 4. The number of amides is 2. The van der Waals surface area contributed by atoms with Crippen LogP contribution in [0.5, 0.6) is 0 Å². The van der Waals surface area contributed by atoms with Crippen molar-refractivity contribution >= 4 is 11.8 Å². The third-order valence-corrected chi connectivity index (χ3v) is 3.97. The first kappa shape index (κ1) is 16.2. The number of carbonyl (C=O) groups is 2. The largest absolute Gasteiger partial charge is 0.467 e. The average Bonchev–Trinajstić information content (AvgIpc) is 3.09. The summed E-state index contributed by atoms with van der Waals surface area (Å²) in [5, 5.41) is 2.73. The molecule has 1 N–H and O–H groups in total. The molecule has 0 unspecified atom stereocenters. The van der Waals surface area contributed by atoms with Crippen molar-refractivity contribution in [3.05, 3.63) is 59.8 Å². The zero-order valence-electron chi connectivity index (χ0n) is 13.1. The van der Waals surface area contributed by atoms with Crippen molar-refractivity contribution in [1.82, 2.24) is 10.2 Å². The van der Waals surface area contributed by atoms with Crippen LogP contribution in [0.1, 0.15) is 17.4 Å². The zero-order chi connectivity index (χ0) is 17.1. The third-order valence-electron chi connectivity index (χ3n) is 3.97. The molecule has 0 spiro atoms. The molecule has 3 rings (SSSR count). The molecule has 0 bridgehead atoms. The van der Waals surface area contributed by atoms with Gasteiger partial charge in [0.25, 0.3) is 5.91 Å². The quantitative estimate of drug-likeness (QED) is 0.924. The molecule has 0 saturated carbocycles. The fraction of sp³-hybridized carbons (Fsp3) is 0.294. The molecule has 0 aliphatic carbocycles. The molecular weight excluding hydrogens is 315 g/mol. The number of likely N-dealkylation sites (N-methyl/N-ethyl adjacent to an activating group) is 1. The number of carbonyl (C=O) groups excluding carboxylic acids is 2. The summed E-state index contributed by atoms with van der Waals surface area (Å²) < 4.78 is 23.8. The van der Waals surface area contributed by atoms with E-state index in [9.17, 15) is 14.0 Å². The average molecular weight is 332 g/mol. The first-order valence-corrected chi connectivity index (χ1v) is 7.49. The van der Waals surface area contributed by atoms with E-state index < -0.39 is 12.1 Å². The summed E-state index contributed by atoms with van der Waals surface area (Å²) in [7, 11) is 1.60. The van der Waals surface area contributed by atoms with Gasteiger partial charge >= 0.3 is 0 Å². The Balaban J connectivity index is 1.79. The van der Waals surface area contributed by atoms with Gasteiger partial charge in [0.2, 0.25) is 5.91 Å². The molecule has 6 nitrogen and oxygen atoms in total. The Morgan fingerprint density at radius 2 is 2.08 bits per heavy atom. The van der Waals surface area contributed by atoms with Crippen molar-refractivity contribution in [2.75, 3.05) is 13.7 Å². The molecule has 1 aromatic heterocycles. The van der Waals surface area contributed by atoms with Gasteiger partial charge in [-0.1, -0.05) is 12.1 Å². The lowest BCUT2D eigenvalue weighted by molar-refractivity contribution is -0.162. The summed E-state index contributed by atoms with van der Waals surface area (Å²) in [5.41, 5.74) is 0.630. The van der Waals surface area contributed by atoms with Crippen molar-refractivity contribution < 1.29 is 23.1 Å². The van der Waals surface area contributed by atoms with Crippen molar-refractivity contribution in [3.8, 4) is 0 Å². The Labute approximate surface area is 138 Å². The Bertz CT molecular complexity index is 715. The first-order chi connectivity index (χ1) is 11.6. The number of nitrogens with one attached hydrogen (secondary N) is 1. The molecule has 2 heterocycles. The van der Waals surface area contributed by atoms with Gasteiger partial charge in [0, 0.05) is 7.05 Å². The Morgan fingerprint density at radius 1 is 1.33 bits per heavy atom. The SMILES string of the molecule is CN1C(=O)CO[C@H](C(=O)NCc2ccco2)[C@H]1c1ccc(F)cc1. The van der Waals surface area contributed by atoms with Gasteiger partial charge in [-0.2, -0.15) is 0 Å². The van der Waals surface area contributed by atoms with Gasteiger partial charge in [0.05, 0.1) is 18.8 Å². The number of hydrogen-bond donors (Lipinski definition) is 1. The summed E-state index contributed by atoms with van der Waals surface area (Å²) in [6.45, 7) is 0.0481. The topological polar surface area (TPSA) is 71.8 Å². The maximum Gasteiger partial charge on any atom is 0.252 e. The van der Waals surface area contributed by atoms with Crippen molar-refractivity contribution in [1.29, 1.82) is 0 Å². The van der Waals surface area contributed by atoms with Crippen LogP contribution in [-0.2, 0) is 20.9 Å². The summed E-state index contributed by atoms with van der Waals surface area (Å²) in [4.78, 5) is 25.9. The van der Waals surface area contributed by atoms with Crippen molar-refractivity contribution in [3.63, 3.8) is 0 Å². The highest BCUT2D eigenvalue weighted by atomic mass is 19.1. The Kier molecular flexibility index (Phi) is 4.61. The molecular formula is C17H17FN2O4. The van der Waals surface area contributed by atoms with Crippen LogP contribution in [0.2, 0.25) is 0 Å². The van der Waals surface area contributed by atoms with Crippen LogP contribution >= 0.6 is 0 Å². The second-order valence-corrected chi connectivity index (χ2v) is 5.53. The smallest absolute Gasteiger partial charge is 0.252 e.